The van der Waals surface area contributed by atoms with E-state index in [1.807, 2.05) is 42.5 Å². The number of aliphatic carboxylic acids is 1. The van der Waals surface area contributed by atoms with Crippen molar-refractivity contribution in [1.82, 2.24) is 0 Å². The van der Waals surface area contributed by atoms with Crippen molar-refractivity contribution in [1.29, 1.82) is 0 Å². The lowest BCUT2D eigenvalue weighted by molar-refractivity contribution is -0.146. The summed E-state index contributed by atoms with van der Waals surface area (Å²) in [7, 11) is -1.95. The van der Waals surface area contributed by atoms with E-state index in [0.29, 0.717) is 13.0 Å². The van der Waals surface area contributed by atoms with Gasteiger partial charge >= 0.3 is 5.97 Å². The average molecular weight is 427 g/mol. The van der Waals surface area contributed by atoms with E-state index in [1.54, 1.807) is 0 Å². The molecule has 4 nitrogen and oxygen atoms in total. The molecule has 0 aliphatic rings. The van der Waals surface area contributed by atoms with Crippen LogP contribution in [0.1, 0.15) is 39.2 Å². The largest absolute Gasteiger partial charge is 0.481 e. The van der Waals surface area contributed by atoms with Gasteiger partial charge in [-0.2, -0.15) is 0 Å². The number of benzene rings is 2. The van der Waals surface area contributed by atoms with Crippen LogP contribution in [-0.2, 0) is 20.4 Å². The average Bonchev–Trinajstić information content (AvgIpc) is 2.69. The predicted molar refractivity (Wildman–Crippen MR) is 124 cm³/mol. The third-order valence-corrected chi connectivity index (χ3v) is 10.6. The number of ketones is 1. The minimum Gasteiger partial charge on any atom is -0.481 e. The lowest BCUT2D eigenvalue weighted by Gasteiger charge is -2.36. The Kier molecular flexibility index (Phi) is 8.15. The molecule has 0 bridgehead atoms. The molecule has 30 heavy (non-hydrogen) atoms. The van der Waals surface area contributed by atoms with Crippen molar-refractivity contribution in [3.8, 4) is 11.1 Å². The van der Waals surface area contributed by atoms with Crippen LogP contribution in [0.2, 0.25) is 18.1 Å². The number of aryl methyl sites for hydroxylation is 1. The van der Waals surface area contributed by atoms with Gasteiger partial charge in [-0.3, -0.25) is 9.59 Å². The van der Waals surface area contributed by atoms with Crippen LogP contribution in [0.3, 0.4) is 0 Å². The Hall–Kier alpha value is -2.24. The molecular weight excluding hydrogens is 392 g/mol. The van der Waals surface area contributed by atoms with Gasteiger partial charge in [0.25, 0.3) is 0 Å². The molecule has 0 spiro atoms. The Morgan fingerprint density at radius 1 is 0.967 bits per heavy atom. The van der Waals surface area contributed by atoms with Crippen molar-refractivity contribution in [3.63, 3.8) is 0 Å². The van der Waals surface area contributed by atoms with E-state index in [-0.39, 0.29) is 23.7 Å². The number of rotatable bonds is 10. The summed E-state index contributed by atoms with van der Waals surface area (Å²) >= 11 is 0. The fourth-order valence-electron chi connectivity index (χ4n) is 3.01. The number of carboxylic acids is 1. The number of carbonyl (C=O) groups excluding carboxylic acids is 1. The first kappa shape index (κ1) is 24.0. The van der Waals surface area contributed by atoms with Crippen LogP contribution >= 0.6 is 0 Å². The highest BCUT2D eigenvalue weighted by atomic mass is 28.4. The van der Waals surface area contributed by atoms with Gasteiger partial charge in [-0.25, -0.2) is 0 Å². The standard InChI is InChI=1S/C25H34O4Si/c1-25(2,3)30(4,5)29-18-17-22(24(27)28)23(26)16-13-19-11-14-21(15-12-19)20-9-7-6-8-10-20/h6-12,14-15,22H,13,16-18H2,1-5H3,(H,27,28). The van der Waals surface area contributed by atoms with Gasteiger partial charge in [0.05, 0.1) is 0 Å². The van der Waals surface area contributed by atoms with Gasteiger partial charge in [0.2, 0.25) is 0 Å². The summed E-state index contributed by atoms with van der Waals surface area (Å²) in [5.74, 6) is -2.29. The monoisotopic (exact) mass is 426 g/mol. The lowest BCUT2D eigenvalue weighted by Crippen LogP contribution is -2.41. The van der Waals surface area contributed by atoms with E-state index in [2.05, 4.69) is 46.0 Å². The van der Waals surface area contributed by atoms with Crippen LogP contribution in [0.5, 0.6) is 0 Å². The maximum absolute atomic E-state index is 12.6. The molecule has 2 aromatic rings. The van der Waals surface area contributed by atoms with Crippen molar-refractivity contribution in [2.24, 2.45) is 5.92 Å². The number of carboxylic acid groups (broad SMARTS) is 1. The van der Waals surface area contributed by atoms with Gasteiger partial charge in [0, 0.05) is 13.0 Å². The first-order valence-electron chi connectivity index (χ1n) is 10.5. The SMILES string of the molecule is CC(C)(C)[Si](C)(C)OCCC(C(=O)O)C(=O)CCc1ccc(-c2ccccc2)cc1. The van der Waals surface area contributed by atoms with Crippen LogP contribution in [0.4, 0.5) is 0 Å². The molecule has 0 radical (unpaired) electrons. The molecular formula is C25H34O4Si. The first-order chi connectivity index (χ1) is 14.0. The quantitative estimate of drug-likeness (QED) is 0.376. The Labute approximate surface area is 181 Å². The molecule has 0 aromatic heterocycles. The van der Waals surface area contributed by atoms with Crippen LogP contribution < -0.4 is 0 Å². The second kappa shape index (κ2) is 10.2. The molecule has 0 aliphatic heterocycles. The topological polar surface area (TPSA) is 63.6 Å². The Balaban J connectivity index is 1.90. The molecule has 2 rings (SSSR count). The van der Waals surface area contributed by atoms with E-state index in [1.165, 1.54) is 0 Å². The molecule has 1 unspecified atom stereocenters. The molecule has 1 atom stereocenters. The lowest BCUT2D eigenvalue weighted by atomic mass is 9.95. The summed E-state index contributed by atoms with van der Waals surface area (Å²) < 4.78 is 6.07. The Morgan fingerprint density at radius 3 is 2.07 bits per heavy atom. The third kappa shape index (κ3) is 6.64. The molecule has 2 aromatic carbocycles. The first-order valence-corrected chi connectivity index (χ1v) is 13.5. The van der Waals surface area contributed by atoms with Gasteiger partial charge in [0.1, 0.15) is 11.7 Å². The van der Waals surface area contributed by atoms with Crippen molar-refractivity contribution < 1.29 is 19.1 Å². The zero-order chi connectivity index (χ0) is 22.4. The van der Waals surface area contributed by atoms with Gasteiger partial charge in [-0.05, 0) is 47.7 Å². The van der Waals surface area contributed by atoms with Crippen molar-refractivity contribution in [2.45, 2.75) is 58.2 Å². The van der Waals surface area contributed by atoms with Gasteiger partial charge in [0.15, 0.2) is 8.32 Å². The number of carbonyl (C=O) groups is 2. The smallest absolute Gasteiger partial charge is 0.314 e. The predicted octanol–water partition coefficient (Wildman–Crippen LogP) is 5.97. The molecule has 0 saturated carbocycles. The fourth-order valence-corrected chi connectivity index (χ4v) is 4.07. The summed E-state index contributed by atoms with van der Waals surface area (Å²) in [6.07, 6.45) is 0.996. The summed E-state index contributed by atoms with van der Waals surface area (Å²) in [4.78, 5) is 24.2. The fraction of sp³-hybridized carbons (Fsp3) is 0.440. The van der Waals surface area contributed by atoms with Crippen LogP contribution in [-0.4, -0.2) is 31.8 Å². The maximum atomic E-state index is 12.6. The van der Waals surface area contributed by atoms with Gasteiger partial charge in [-0.15, -0.1) is 0 Å². The second-order valence-corrected chi connectivity index (χ2v) is 14.1. The van der Waals surface area contributed by atoms with Gasteiger partial charge in [-0.1, -0.05) is 75.4 Å². The number of hydrogen-bond donors (Lipinski definition) is 1. The molecule has 0 saturated heterocycles. The van der Waals surface area contributed by atoms with Crippen LogP contribution in [0.15, 0.2) is 54.6 Å². The van der Waals surface area contributed by atoms with E-state index in [4.69, 9.17) is 4.43 Å². The van der Waals surface area contributed by atoms with Crippen molar-refractivity contribution in [3.05, 3.63) is 60.2 Å². The maximum Gasteiger partial charge on any atom is 0.314 e. The van der Waals surface area contributed by atoms with E-state index < -0.39 is 20.2 Å². The van der Waals surface area contributed by atoms with Crippen molar-refractivity contribution in [2.75, 3.05) is 6.61 Å². The van der Waals surface area contributed by atoms with E-state index >= 15 is 0 Å². The molecule has 5 heteroatoms. The highest BCUT2D eigenvalue weighted by Crippen LogP contribution is 2.36. The summed E-state index contributed by atoms with van der Waals surface area (Å²) in [6, 6.07) is 18.2. The van der Waals surface area contributed by atoms with E-state index in [0.717, 1.165) is 16.7 Å². The zero-order valence-corrected chi connectivity index (χ0v) is 19.8. The zero-order valence-electron chi connectivity index (χ0n) is 18.8. The number of Topliss-reactive ketones (excluding diaryl/α,β-unsaturated/α-hetero) is 1. The molecule has 0 fully saturated rings. The Bertz CT molecular complexity index is 836. The molecule has 0 amide bonds. The summed E-state index contributed by atoms with van der Waals surface area (Å²) in [5.41, 5.74) is 3.30. The van der Waals surface area contributed by atoms with Crippen LogP contribution in [0, 0.1) is 5.92 Å². The summed E-state index contributed by atoms with van der Waals surface area (Å²) in [6.45, 7) is 11.0. The third-order valence-electron chi connectivity index (χ3n) is 6.08. The Morgan fingerprint density at radius 2 is 1.53 bits per heavy atom. The van der Waals surface area contributed by atoms with Gasteiger partial charge < -0.3 is 9.53 Å². The van der Waals surface area contributed by atoms with E-state index in [9.17, 15) is 14.7 Å². The highest BCUT2D eigenvalue weighted by Gasteiger charge is 2.37. The minimum atomic E-state index is -1.95. The second-order valence-electron chi connectivity index (χ2n) is 9.32. The number of hydrogen-bond acceptors (Lipinski definition) is 3. The summed E-state index contributed by atoms with van der Waals surface area (Å²) in [5, 5.41) is 9.58. The van der Waals surface area contributed by atoms with Crippen molar-refractivity contribution >= 4 is 20.1 Å². The highest BCUT2D eigenvalue weighted by molar-refractivity contribution is 6.74. The molecule has 0 heterocycles. The molecule has 1 N–H and O–H groups in total. The molecule has 0 aliphatic carbocycles. The molecule has 162 valence electrons. The van der Waals surface area contributed by atoms with Crippen LogP contribution in [0.25, 0.3) is 11.1 Å². The minimum absolute atomic E-state index is 0.0572. The normalized spacial score (nSPS) is 13.1.